The predicted molar refractivity (Wildman–Crippen MR) is 118 cm³/mol. The smallest absolute Gasteiger partial charge is 0.338 e. The van der Waals surface area contributed by atoms with Crippen molar-refractivity contribution in [3.05, 3.63) is 64.0 Å². The summed E-state index contributed by atoms with van der Waals surface area (Å²) >= 11 is 1.23. The Morgan fingerprint density at radius 1 is 1.03 bits per heavy atom. The molecule has 7 nitrogen and oxygen atoms in total. The Balaban J connectivity index is 1.98. The first-order valence-electron chi connectivity index (χ1n) is 9.97. The lowest BCUT2D eigenvalue weighted by atomic mass is 10.1. The summed E-state index contributed by atoms with van der Waals surface area (Å²) in [5, 5.41) is 0. The van der Waals surface area contributed by atoms with Crippen LogP contribution in [-0.2, 0) is 38.4 Å². The number of hydrogen-bond donors (Lipinski definition) is 0. The van der Waals surface area contributed by atoms with Gasteiger partial charge in [0.25, 0.3) is 5.91 Å². The SMILES string of the molecule is CCOC(=O)c1ccc2c(c1)sc(=NC(=O)Cc1ccc(CC)cc1)n2CC(=O)OC. The molecule has 0 spiro atoms. The van der Waals surface area contributed by atoms with Crippen LogP contribution in [0.4, 0.5) is 0 Å². The van der Waals surface area contributed by atoms with Crippen LogP contribution < -0.4 is 4.80 Å². The number of fused-ring (bicyclic) bond motifs is 1. The zero-order chi connectivity index (χ0) is 22.4. The Kier molecular flexibility index (Phi) is 7.36. The maximum atomic E-state index is 12.6. The van der Waals surface area contributed by atoms with Gasteiger partial charge in [-0.15, -0.1) is 0 Å². The minimum atomic E-state index is -0.460. The molecular formula is C23H24N2O5S. The molecule has 0 saturated heterocycles. The standard InChI is InChI=1S/C23H24N2O5S/c1-4-15-6-8-16(9-7-15)12-20(26)24-23-25(14-21(27)29-3)18-11-10-17(13-19(18)31-23)22(28)30-5-2/h6-11,13H,4-5,12,14H2,1-3H3. The number of amides is 1. The molecule has 1 heterocycles. The fraction of sp³-hybridized carbons (Fsp3) is 0.304. The number of carbonyl (C=O) groups excluding carboxylic acids is 3. The third-order valence-electron chi connectivity index (χ3n) is 4.72. The van der Waals surface area contributed by atoms with Crippen molar-refractivity contribution in [1.82, 2.24) is 4.57 Å². The molecule has 0 N–H and O–H groups in total. The second-order valence-corrected chi connectivity index (χ2v) is 7.81. The molecule has 1 aromatic heterocycles. The van der Waals surface area contributed by atoms with E-state index in [9.17, 15) is 14.4 Å². The lowest BCUT2D eigenvalue weighted by Gasteiger charge is -2.05. The average molecular weight is 441 g/mol. The van der Waals surface area contributed by atoms with Gasteiger partial charge in [0.05, 0.1) is 35.9 Å². The van der Waals surface area contributed by atoms with Crippen molar-refractivity contribution in [1.29, 1.82) is 0 Å². The summed E-state index contributed by atoms with van der Waals surface area (Å²) in [6.45, 7) is 4.00. The Morgan fingerprint density at radius 3 is 2.39 bits per heavy atom. The highest BCUT2D eigenvalue weighted by atomic mass is 32.1. The van der Waals surface area contributed by atoms with E-state index in [0.717, 1.165) is 12.0 Å². The highest BCUT2D eigenvalue weighted by molar-refractivity contribution is 7.16. The van der Waals surface area contributed by atoms with Crippen molar-refractivity contribution in [3.8, 4) is 0 Å². The molecule has 8 heteroatoms. The van der Waals surface area contributed by atoms with E-state index in [1.807, 2.05) is 24.3 Å². The van der Waals surface area contributed by atoms with Gasteiger partial charge in [-0.05, 0) is 42.7 Å². The quantitative estimate of drug-likeness (QED) is 0.526. The molecule has 0 aliphatic rings. The number of hydrogen-bond acceptors (Lipinski definition) is 6. The largest absolute Gasteiger partial charge is 0.468 e. The van der Waals surface area contributed by atoms with E-state index in [4.69, 9.17) is 9.47 Å². The van der Waals surface area contributed by atoms with E-state index < -0.39 is 11.9 Å². The van der Waals surface area contributed by atoms with Gasteiger partial charge in [-0.25, -0.2) is 4.79 Å². The number of nitrogens with zero attached hydrogens (tertiary/aromatic N) is 2. The topological polar surface area (TPSA) is 87.0 Å². The number of benzene rings is 2. The van der Waals surface area contributed by atoms with Crippen LogP contribution in [0.2, 0.25) is 0 Å². The first-order valence-corrected chi connectivity index (χ1v) is 10.8. The van der Waals surface area contributed by atoms with Crippen LogP contribution >= 0.6 is 11.3 Å². The third-order valence-corrected chi connectivity index (χ3v) is 5.76. The lowest BCUT2D eigenvalue weighted by Crippen LogP contribution is -2.22. The maximum absolute atomic E-state index is 12.6. The van der Waals surface area contributed by atoms with E-state index >= 15 is 0 Å². The monoisotopic (exact) mass is 440 g/mol. The molecule has 0 atom stereocenters. The minimum Gasteiger partial charge on any atom is -0.468 e. The molecule has 0 aliphatic carbocycles. The summed E-state index contributed by atoms with van der Waals surface area (Å²) in [5.41, 5.74) is 3.15. The number of carbonyl (C=O) groups is 3. The summed E-state index contributed by atoms with van der Waals surface area (Å²) in [5.74, 6) is -1.21. The van der Waals surface area contributed by atoms with Crippen molar-refractivity contribution in [2.75, 3.05) is 13.7 Å². The van der Waals surface area contributed by atoms with Crippen LogP contribution in [0.25, 0.3) is 10.2 Å². The van der Waals surface area contributed by atoms with Crippen molar-refractivity contribution in [2.24, 2.45) is 4.99 Å². The van der Waals surface area contributed by atoms with Crippen molar-refractivity contribution >= 4 is 39.4 Å². The molecule has 162 valence electrons. The van der Waals surface area contributed by atoms with E-state index in [2.05, 4.69) is 11.9 Å². The van der Waals surface area contributed by atoms with Crippen LogP contribution in [0.5, 0.6) is 0 Å². The number of methoxy groups -OCH3 is 1. The molecule has 0 unspecified atom stereocenters. The number of ether oxygens (including phenoxy) is 2. The number of esters is 2. The van der Waals surface area contributed by atoms with Crippen LogP contribution in [0.1, 0.15) is 35.3 Å². The normalized spacial score (nSPS) is 11.5. The molecule has 0 bridgehead atoms. The highest BCUT2D eigenvalue weighted by Crippen LogP contribution is 2.20. The molecule has 0 saturated carbocycles. The molecule has 3 rings (SSSR count). The zero-order valence-electron chi connectivity index (χ0n) is 17.7. The first-order chi connectivity index (χ1) is 14.9. The first kappa shape index (κ1) is 22.4. The maximum Gasteiger partial charge on any atom is 0.338 e. The van der Waals surface area contributed by atoms with E-state index in [1.54, 1.807) is 29.7 Å². The Morgan fingerprint density at radius 2 is 1.74 bits per heavy atom. The van der Waals surface area contributed by atoms with Crippen LogP contribution in [0.3, 0.4) is 0 Å². The fourth-order valence-electron chi connectivity index (χ4n) is 3.06. The molecule has 0 aliphatic heterocycles. The van der Waals surface area contributed by atoms with E-state index in [-0.39, 0.29) is 25.5 Å². The van der Waals surface area contributed by atoms with Gasteiger partial charge in [0, 0.05) is 0 Å². The third kappa shape index (κ3) is 5.46. The molecule has 2 aromatic carbocycles. The Hall–Kier alpha value is -3.26. The summed E-state index contributed by atoms with van der Waals surface area (Å²) in [6.07, 6.45) is 1.09. The second kappa shape index (κ2) is 10.2. The number of rotatable bonds is 7. The van der Waals surface area contributed by atoms with Gasteiger partial charge in [-0.2, -0.15) is 4.99 Å². The van der Waals surface area contributed by atoms with Gasteiger partial charge in [-0.1, -0.05) is 42.5 Å². The molecule has 0 radical (unpaired) electrons. The van der Waals surface area contributed by atoms with Gasteiger partial charge in [0.15, 0.2) is 4.80 Å². The van der Waals surface area contributed by atoms with Crippen molar-refractivity contribution in [3.63, 3.8) is 0 Å². The van der Waals surface area contributed by atoms with Gasteiger partial charge in [0.2, 0.25) is 0 Å². The van der Waals surface area contributed by atoms with Crippen molar-refractivity contribution in [2.45, 2.75) is 33.2 Å². The minimum absolute atomic E-state index is 0.0907. The van der Waals surface area contributed by atoms with E-state index in [1.165, 1.54) is 24.0 Å². The van der Waals surface area contributed by atoms with Crippen molar-refractivity contribution < 1.29 is 23.9 Å². The predicted octanol–water partition coefficient (Wildman–Crippen LogP) is 3.28. The zero-order valence-corrected chi connectivity index (χ0v) is 18.5. The lowest BCUT2D eigenvalue weighted by molar-refractivity contribution is -0.141. The Bertz CT molecular complexity index is 1170. The molecular weight excluding hydrogens is 416 g/mol. The molecule has 0 fully saturated rings. The van der Waals surface area contributed by atoms with E-state index in [0.29, 0.717) is 20.6 Å². The number of thiazole rings is 1. The van der Waals surface area contributed by atoms with Gasteiger partial charge in [-0.3, -0.25) is 9.59 Å². The van der Waals surface area contributed by atoms with Crippen LogP contribution in [0, 0.1) is 0 Å². The average Bonchev–Trinajstić information content (AvgIpc) is 3.10. The molecule has 3 aromatic rings. The summed E-state index contributed by atoms with van der Waals surface area (Å²) in [6, 6.07) is 12.9. The van der Waals surface area contributed by atoms with Gasteiger partial charge >= 0.3 is 11.9 Å². The summed E-state index contributed by atoms with van der Waals surface area (Å²) in [4.78, 5) is 41.2. The number of aryl methyl sites for hydroxylation is 1. The highest BCUT2D eigenvalue weighted by Gasteiger charge is 2.15. The second-order valence-electron chi connectivity index (χ2n) is 6.80. The Labute approximate surface area is 183 Å². The molecule has 1 amide bonds. The van der Waals surface area contributed by atoms with Crippen LogP contribution in [-0.4, -0.2) is 36.1 Å². The summed E-state index contributed by atoms with van der Waals surface area (Å²) in [7, 11) is 1.30. The van der Waals surface area contributed by atoms with Gasteiger partial charge < -0.3 is 14.0 Å². The van der Waals surface area contributed by atoms with Crippen LogP contribution in [0.15, 0.2) is 47.5 Å². The fourth-order valence-corrected chi connectivity index (χ4v) is 4.15. The summed E-state index contributed by atoms with van der Waals surface area (Å²) < 4.78 is 12.2. The number of aromatic nitrogens is 1. The molecule has 31 heavy (non-hydrogen) atoms. The van der Waals surface area contributed by atoms with Gasteiger partial charge in [0.1, 0.15) is 6.54 Å².